The highest BCUT2D eigenvalue weighted by atomic mass is 15.3. The molecule has 4 heteroatoms. The van der Waals surface area contributed by atoms with E-state index in [0.717, 1.165) is 18.5 Å². The van der Waals surface area contributed by atoms with E-state index in [1.807, 2.05) is 12.4 Å². The molecular formula is C9H12N4. The second kappa shape index (κ2) is 3.05. The van der Waals surface area contributed by atoms with Crippen LogP contribution in [0.25, 0.3) is 5.65 Å². The quantitative estimate of drug-likeness (QED) is 0.749. The summed E-state index contributed by atoms with van der Waals surface area (Å²) in [5, 5.41) is 4.09. The van der Waals surface area contributed by atoms with Gasteiger partial charge in [-0.15, -0.1) is 5.10 Å². The van der Waals surface area contributed by atoms with Crippen molar-refractivity contribution in [1.29, 1.82) is 0 Å². The summed E-state index contributed by atoms with van der Waals surface area (Å²) in [4.78, 5) is 4.24. The summed E-state index contributed by atoms with van der Waals surface area (Å²) in [6.07, 6.45) is 5.99. The lowest BCUT2D eigenvalue weighted by molar-refractivity contribution is 0.866. The van der Waals surface area contributed by atoms with E-state index >= 15 is 0 Å². The molecule has 0 unspecified atom stereocenters. The molecule has 0 amide bonds. The van der Waals surface area contributed by atoms with Crippen LogP contribution in [0.4, 0.5) is 5.82 Å². The Morgan fingerprint density at radius 2 is 2.38 bits per heavy atom. The number of hydrogen-bond donors (Lipinski definition) is 1. The lowest BCUT2D eigenvalue weighted by Crippen LogP contribution is -1.94. The minimum atomic E-state index is 0.515. The molecule has 2 heterocycles. The van der Waals surface area contributed by atoms with Crippen LogP contribution < -0.4 is 5.73 Å². The minimum absolute atomic E-state index is 0.515. The van der Waals surface area contributed by atoms with Gasteiger partial charge >= 0.3 is 0 Å². The molecule has 13 heavy (non-hydrogen) atoms. The van der Waals surface area contributed by atoms with Gasteiger partial charge in [0.05, 0.1) is 0 Å². The van der Waals surface area contributed by atoms with Crippen LogP contribution >= 0.6 is 0 Å². The van der Waals surface area contributed by atoms with Gasteiger partial charge in [-0.3, -0.25) is 0 Å². The summed E-state index contributed by atoms with van der Waals surface area (Å²) in [6, 6.07) is 1.76. The number of hydrogen-bond acceptors (Lipinski definition) is 3. The zero-order chi connectivity index (χ0) is 9.26. The first-order valence-electron chi connectivity index (χ1n) is 4.39. The Morgan fingerprint density at radius 1 is 1.54 bits per heavy atom. The molecule has 68 valence electrons. The Labute approximate surface area is 76.4 Å². The van der Waals surface area contributed by atoms with Crippen LogP contribution in [0.15, 0.2) is 18.5 Å². The Balaban J connectivity index is 2.48. The number of aromatic nitrogens is 3. The predicted octanol–water partition coefficient (Wildman–Crippen LogP) is 1.26. The lowest BCUT2D eigenvalue weighted by Gasteiger charge is -1.97. The number of nitrogens with two attached hydrogens (primary N) is 1. The molecule has 0 aliphatic rings. The highest BCUT2D eigenvalue weighted by Gasteiger charge is 1.99. The molecule has 2 aromatic heterocycles. The van der Waals surface area contributed by atoms with Crippen molar-refractivity contribution in [2.24, 2.45) is 0 Å². The van der Waals surface area contributed by atoms with Gasteiger partial charge in [-0.25, -0.2) is 9.50 Å². The van der Waals surface area contributed by atoms with Gasteiger partial charge in [0, 0.05) is 18.5 Å². The lowest BCUT2D eigenvalue weighted by atomic mass is 10.2. The van der Waals surface area contributed by atoms with Crippen molar-refractivity contribution in [2.45, 2.75) is 19.8 Å². The molecule has 0 radical (unpaired) electrons. The van der Waals surface area contributed by atoms with E-state index in [0.29, 0.717) is 5.82 Å². The number of fused-ring (bicyclic) bond motifs is 1. The third kappa shape index (κ3) is 1.47. The third-order valence-electron chi connectivity index (χ3n) is 1.92. The maximum Gasteiger partial charge on any atom is 0.157 e. The molecule has 0 aliphatic heterocycles. The van der Waals surface area contributed by atoms with E-state index in [1.165, 1.54) is 5.56 Å². The van der Waals surface area contributed by atoms with Crippen molar-refractivity contribution >= 4 is 11.5 Å². The summed E-state index contributed by atoms with van der Waals surface area (Å²) in [7, 11) is 0. The molecule has 2 aromatic rings. The van der Waals surface area contributed by atoms with Gasteiger partial charge in [-0.2, -0.15) is 0 Å². The van der Waals surface area contributed by atoms with Gasteiger partial charge in [0.2, 0.25) is 0 Å². The van der Waals surface area contributed by atoms with Crippen LogP contribution in [0.2, 0.25) is 0 Å². The second-order valence-corrected chi connectivity index (χ2v) is 3.08. The van der Waals surface area contributed by atoms with Gasteiger partial charge < -0.3 is 5.73 Å². The topological polar surface area (TPSA) is 56.2 Å². The van der Waals surface area contributed by atoms with Gasteiger partial charge in [-0.05, 0) is 12.0 Å². The fourth-order valence-corrected chi connectivity index (χ4v) is 1.35. The maximum absolute atomic E-state index is 5.54. The summed E-state index contributed by atoms with van der Waals surface area (Å²) in [5.41, 5.74) is 7.54. The van der Waals surface area contributed by atoms with Crippen LogP contribution in [-0.4, -0.2) is 14.6 Å². The van der Waals surface area contributed by atoms with Crippen LogP contribution in [-0.2, 0) is 6.42 Å². The van der Waals surface area contributed by atoms with Gasteiger partial charge in [0.25, 0.3) is 0 Å². The number of nitrogen functional groups attached to an aromatic ring is 1. The molecule has 2 rings (SSSR count). The average molecular weight is 176 g/mol. The van der Waals surface area contributed by atoms with Crippen LogP contribution in [0.3, 0.4) is 0 Å². The Kier molecular flexibility index (Phi) is 1.88. The van der Waals surface area contributed by atoms with Crippen LogP contribution in [0.5, 0.6) is 0 Å². The molecule has 0 atom stereocenters. The summed E-state index contributed by atoms with van der Waals surface area (Å²) < 4.78 is 1.72. The van der Waals surface area contributed by atoms with Crippen LogP contribution in [0, 0.1) is 0 Å². The molecule has 0 bridgehead atoms. The van der Waals surface area contributed by atoms with Crippen molar-refractivity contribution in [2.75, 3.05) is 5.73 Å². The molecule has 2 N–H and O–H groups in total. The van der Waals surface area contributed by atoms with Crippen molar-refractivity contribution < 1.29 is 0 Å². The van der Waals surface area contributed by atoms with Crippen molar-refractivity contribution in [1.82, 2.24) is 14.6 Å². The highest BCUT2D eigenvalue weighted by molar-refractivity contribution is 5.47. The minimum Gasteiger partial charge on any atom is -0.382 e. The fourth-order valence-electron chi connectivity index (χ4n) is 1.35. The van der Waals surface area contributed by atoms with Gasteiger partial charge in [0.15, 0.2) is 5.65 Å². The van der Waals surface area contributed by atoms with Crippen molar-refractivity contribution in [3.63, 3.8) is 0 Å². The Hall–Kier alpha value is -1.58. The number of nitrogens with zero attached hydrogens (tertiary/aromatic N) is 3. The van der Waals surface area contributed by atoms with Gasteiger partial charge in [-0.1, -0.05) is 13.3 Å². The predicted molar refractivity (Wildman–Crippen MR) is 51.4 cm³/mol. The maximum atomic E-state index is 5.54. The molecule has 0 aliphatic carbocycles. The first-order valence-corrected chi connectivity index (χ1v) is 4.39. The number of rotatable bonds is 2. The standard InChI is InChI=1S/C9H12N4/c1-2-3-7-5-11-9-4-8(10)12-13(9)6-7/h4-6H,2-3H2,1H3,(H2,10,12). The van der Waals surface area contributed by atoms with E-state index in [2.05, 4.69) is 17.0 Å². The van der Waals surface area contributed by atoms with E-state index in [1.54, 1.807) is 10.6 Å². The Morgan fingerprint density at radius 3 is 3.15 bits per heavy atom. The summed E-state index contributed by atoms with van der Waals surface area (Å²) >= 11 is 0. The average Bonchev–Trinajstić information content (AvgIpc) is 2.44. The zero-order valence-corrected chi connectivity index (χ0v) is 7.57. The third-order valence-corrected chi connectivity index (χ3v) is 1.92. The second-order valence-electron chi connectivity index (χ2n) is 3.08. The normalized spacial score (nSPS) is 10.8. The highest BCUT2D eigenvalue weighted by Crippen LogP contribution is 2.07. The first kappa shape index (κ1) is 8.04. The van der Waals surface area contributed by atoms with E-state index in [-0.39, 0.29) is 0 Å². The molecule has 0 fully saturated rings. The number of anilines is 1. The fraction of sp³-hybridized carbons (Fsp3) is 0.333. The monoisotopic (exact) mass is 176 g/mol. The molecule has 4 nitrogen and oxygen atoms in total. The van der Waals surface area contributed by atoms with E-state index < -0.39 is 0 Å². The first-order chi connectivity index (χ1) is 6.29. The van der Waals surface area contributed by atoms with E-state index in [4.69, 9.17) is 5.73 Å². The van der Waals surface area contributed by atoms with Crippen LogP contribution in [0.1, 0.15) is 18.9 Å². The Bertz CT molecular complexity index is 418. The smallest absolute Gasteiger partial charge is 0.157 e. The molecule has 0 aromatic carbocycles. The molecule has 0 spiro atoms. The van der Waals surface area contributed by atoms with Crippen molar-refractivity contribution in [3.8, 4) is 0 Å². The molecule has 0 saturated carbocycles. The largest absolute Gasteiger partial charge is 0.382 e. The summed E-state index contributed by atoms with van der Waals surface area (Å²) in [5.74, 6) is 0.515. The van der Waals surface area contributed by atoms with E-state index in [9.17, 15) is 0 Å². The number of aryl methyl sites for hydroxylation is 1. The SMILES string of the molecule is CCCc1cnc2cc(N)nn2c1. The zero-order valence-electron chi connectivity index (χ0n) is 7.57. The molecular weight excluding hydrogens is 164 g/mol. The molecule has 0 saturated heterocycles. The summed E-state index contributed by atoms with van der Waals surface area (Å²) in [6.45, 7) is 2.14. The van der Waals surface area contributed by atoms with Gasteiger partial charge in [0.1, 0.15) is 5.82 Å². The van der Waals surface area contributed by atoms with Crippen molar-refractivity contribution in [3.05, 3.63) is 24.0 Å².